The Labute approximate surface area is 138 Å². The third-order valence-electron chi connectivity index (χ3n) is 2.63. The molecular weight excluding hydrogens is 381 g/mol. The molecule has 126 valence electrons. The highest BCUT2D eigenvalue weighted by Crippen LogP contribution is 2.24. The van der Waals surface area contributed by atoms with Crippen molar-refractivity contribution in [2.75, 3.05) is 25.1 Å². The highest BCUT2D eigenvalue weighted by atomic mass is 79.9. The van der Waals surface area contributed by atoms with Crippen molar-refractivity contribution >= 4 is 21.9 Å². The molecule has 1 aromatic carbocycles. The summed E-state index contributed by atoms with van der Waals surface area (Å²) in [5.74, 6) is 0.146. The largest absolute Gasteiger partial charge is 0.573 e. The van der Waals surface area contributed by atoms with Gasteiger partial charge in [-0.2, -0.15) is 9.67 Å². The first-order chi connectivity index (χ1) is 10.9. The molecule has 0 saturated carbocycles. The fraction of sp³-hybridized carbons (Fsp3) is 0.385. The summed E-state index contributed by atoms with van der Waals surface area (Å²) in [6.45, 7) is 3.52. The lowest BCUT2D eigenvalue weighted by atomic mass is 10.3. The molecule has 0 aliphatic heterocycles. The Hall–Kier alpha value is -1.81. The number of nitrogens with zero attached hydrogens (tertiary/aromatic N) is 3. The minimum absolute atomic E-state index is 0.300. The quantitative estimate of drug-likeness (QED) is 0.729. The fourth-order valence-electron chi connectivity index (χ4n) is 1.75. The summed E-state index contributed by atoms with van der Waals surface area (Å²) in [6, 6.07) is 5.33. The first kappa shape index (κ1) is 17.5. The molecule has 0 fully saturated rings. The summed E-state index contributed by atoms with van der Waals surface area (Å²) in [7, 11) is 0. The summed E-state index contributed by atoms with van der Waals surface area (Å²) in [4.78, 5) is 4.16. The zero-order chi connectivity index (χ0) is 16.9. The molecule has 1 heterocycles. The minimum Gasteiger partial charge on any atom is -0.406 e. The number of hydrogen-bond donors (Lipinski definition) is 1. The molecule has 0 spiro atoms. The third kappa shape index (κ3) is 5.39. The fourth-order valence-corrected chi connectivity index (χ4v) is 2.08. The summed E-state index contributed by atoms with van der Waals surface area (Å²) in [5, 5.41) is 7.18. The van der Waals surface area contributed by atoms with Gasteiger partial charge in [-0.3, -0.25) is 0 Å². The number of hydrogen-bond acceptors (Lipinski definition) is 5. The second kappa shape index (κ2) is 7.64. The number of ether oxygens (including phenoxy) is 2. The van der Waals surface area contributed by atoms with Crippen LogP contribution in [0.5, 0.6) is 5.75 Å². The van der Waals surface area contributed by atoms with Crippen molar-refractivity contribution in [3.63, 3.8) is 0 Å². The van der Waals surface area contributed by atoms with Crippen LogP contribution in [-0.2, 0) is 4.74 Å². The van der Waals surface area contributed by atoms with Crippen molar-refractivity contribution in [2.24, 2.45) is 0 Å². The number of rotatable bonds is 7. The molecule has 10 heteroatoms. The van der Waals surface area contributed by atoms with E-state index < -0.39 is 6.36 Å². The zero-order valence-corrected chi connectivity index (χ0v) is 13.7. The van der Waals surface area contributed by atoms with Crippen LogP contribution in [0.15, 0.2) is 29.0 Å². The molecule has 0 atom stereocenters. The van der Waals surface area contributed by atoms with Crippen LogP contribution in [0, 0.1) is 0 Å². The van der Waals surface area contributed by atoms with Gasteiger partial charge in [0.15, 0.2) is 0 Å². The van der Waals surface area contributed by atoms with Gasteiger partial charge in [0.25, 0.3) is 0 Å². The molecule has 0 saturated heterocycles. The molecule has 0 aliphatic rings. The van der Waals surface area contributed by atoms with Gasteiger partial charge in [0.2, 0.25) is 10.7 Å². The van der Waals surface area contributed by atoms with E-state index in [-0.39, 0.29) is 5.75 Å². The Kier molecular flexibility index (Phi) is 5.83. The molecule has 0 amide bonds. The van der Waals surface area contributed by atoms with Gasteiger partial charge in [-0.25, -0.2) is 0 Å². The van der Waals surface area contributed by atoms with Crippen molar-refractivity contribution in [3.8, 4) is 11.4 Å². The number of alkyl halides is 3. The highest BCUT2D eigenvalue weighted by molar-refractivity contribution is 9.10. The van der Waals surface area contributed by atoms with Crippen LogP contribution < -0.4 is 10.1 Å². The van der Waals surface area contributed by atoms with Gasteiger partial charge in [0.05, 0.1) is 12.3 Å². The van der Waals surface area contributed by atoms with Crippen LogP contribution in [0.4, 0.5) is 19.1 Å². The normalized spacial score (nSPS) is 11.5. The lowest BCUT2D eigenvalue weighted by Gasteiger charge is -2.10. The maximum Gasteiger partial charge on any atom is 0.573 e. The summed E-state index contributed by atoms with van der Waals surface area (Å²) < 4.78 is 47.3. The molecule has 23 heavy (non-hydrogen) atoms. The topological polar surface area (TPSA) is 61.2 Å². The van der Waals surface area contributed by atoms with Gasteiger partial charge in [-0.1, -0.05) is 0 Å². The molecule has 2 rings (SSSR count). The summed E-state index contributed by atoms with van der Waals surface area (Å²) in [6.07, 6.45) is -4.72. The lowest BCUT2D eigenvalue weighted by molar-refractivity contribution is -0.274. The van der Waals surface area contributed by atoms with E-state index in [1.54, 1.807) is 0 Å². The van der Waals surface area contributed by atoms with E-state index in [2.05, 4.69) is 36.1 Å². The molecular formula is C13H14BrF3N4O2. The number of anilines is 1. The number of benzene rings is 1. The van der Waals surface area contributed by atoms with Gasteiger partial charge in [0.1, 0.15) is 5.75 Å². The van der Waals surface area contributed by atoms with Gasteiger partial charge < -0.3 is 14.8 Å². The molecule has 2 aromatic rings. The lowest BCUT2D eigenvalue weighted by Crippen LogP contribution is -2.17. The van der Waals surface area contributed by atoms with Crippen molar-refractivity contribution in [3.05, 3.63) is 29.0 Å². The first-order valence-electron chi connectivity index (χ1n) is 6.69. The second-order valence-electron chi connectivity index (χ2n) is 4.28. The van der Waals surface area contributed by atoms with Gasteiger partial charge in [-0.05, 0) is 47.1 Å². The molecule has 0 bridgehead atoms. The maximum absolute atomic E-state index is 12.2. The summed E-state index contributed by atoms with van der Waals surface area (Å²) in [5.41, 5.74) is 0.539. The van der Waals surface area contributed by atoms with E-state index in [1.807, 2.05) is 6.92 Å². The van der Waals surface area contributed by atoms with Crippen molar-refractivity contribution in [2.45, 2.75) is 13.3 Å². The first-order valence-corrected chi connectivity index (χ1v) is 7.48. The van der Waals surface area contributed by atoms with Gasteiger partial charge in [0, 0.05) is 13.2 Å². The Balaban J connectivity index is 2.11. The van der Waals surface area contributed by atoms with E-state index in [1.165, 1.54) is 28.9 Å². The number of nitrogens with one attached hydrogen (secondary N) is 1. The summed E-state index contributed by atoms with van der Waals surface area (Å²) >= 11 is 3.17. The maximum atomic E-state index is 12.2. The number of aromatic nitrogens is 3. The minimum atomic E-state index is -4.72. The average molecular weight is 395 g/mol. The SMILES string of the molecule is CCOCCNc1nc(Br)nn1-c1ccc(OC(F)(F)F)cc1. The Bertz CT molecular complexity index is 631. The molecule has 0 unspecified atom stereocenters. The molecule has 0 aliphatic carbocycles. The smallest absolute Gasteiger partial charge is 0.406 e. The van der Waals surface area contributed by atoms with Crippen LogP contribution in [0.25, 0.3) is 5.69 Å². The predicted octanol–water partition coefficient (Wildman–Crippen LogP) is 3.38. The zero-order valence-electron chi connectivity index (χ0n) is 12.1. The number of halogens is 4. The standard InChI is InChI=1S/C13H14BrF3N4O2/c1-2-22-8-7-18-12-19-11(14)20-21(12)9-3-5-10(6-4-9)23-13(15,16)17/h3-6H,2,7-8H2,1H3,(H,18,19,20). The van der Waals surface area contributed by atoms with Crippen LogP contribution in [-0.4, -0.2) is 40.9 Å². The van der Waals surface area contributed by atoms with E-state index in [0.717, 1.165) is 0 Å². The Morgan fingerprint density at radius 3 is 2.57 bits per heavy atom. The van der Waals surface area contributed by atoms with Crippen molar-refractivity contribution < 1.29 is 22.6 Å². The molecule has 1 aromatic heterocycles. The molecule has 1 N–H and O–H groups in total. The Morgan fingerprint density at radius 2 is 1.96 bits per heavy atom. The predicted molar refractivity (Wildman–Crippen MR) is 80.7 cm³/mol. The van der Waals surface area contributed by atoms with Crippen molar-refractivity contribution in [1.29, 1.82) is 0 Å². The molecule has 6 nitrogen and oxygen atoms in total. The van der Waals surface area contributed by atoms with E-state index in [4.69, 9.17) is 4.74 Å². The van der Waals surface area contributed by atoms with Gasteiger partial charge in [-0.15, -0.1) is 18.3 Å². The third-order valence-corrected chi connectivity index (χ3v) is 2.97. The van der Waals surface area contributed by atoms with Crippen LogP contribution >= 0.6 is 15.9 Å². The average Bonchev–Trinajstić information content (AvgIpc) is 2.84. The van der Waals surface area contributed by atoms with Crippen LogP contribution in [0.1, 0.15) is 6.92 Å². The highest BCUT2D eigenvalue weighted by Gasteiger charge is 2.31. The van der Waals surface area contributed by atoms with E-state index in [9.17, 15) is 13.2 Å². The van der Waals surface area contributed by atoms with E-state index >= 15 is 0 Å². The second-order valence-corrected chi connectivity index (χ2v) is 4.99. The van der Waals surface area contributed by atoms with Gasteiger partial charge >= 0.3 is 6.36 Å². The Morgan fingerprint density at radius 1 is 1.26 bits per heavy atom. The monoisotopic (exact) mass is 394 g/mol. The van der Waals surface area contributed by atoms with Crippen LogP contribution in [0.3, 0.4) is 0 Å². The van der Waals surface area contributed by atoms with Crippen molar-refractivity contribution in [1.82, 2.24) is 14.8 Å². The molecule has 0 radical (unpaired) electrons. The van der Waals surface area contributed by atoms with E-state index in [0.29, 0.717) is 36.1 Å². The van der Waals surface area contributed by atoms with Crippen LogP contribution in [0.2, 0.25) is 0 Å².